The number of anilines is 2. The highest BCUT2D eigenvalue weighted by atomic mass is 32.2. The molecule has 5 nitrogen and oxygen atoms in total. The molecule has 1 aliphatic heterocycles. The molecule has 1 saturated heterocycles. The Labute approximate surface area is 188 Å². The Hall–Kier alpha value is -1.71. The van der Waals surface area contributed by atoms with Crippen LogP contribution in [0.2, 0.25) is 0 Å². The van der Waals surface area contributed by atoms with Gasteiger partial charge in [-0.2, -0.15) is 0 Å². The molecule has 1 N–H and O–H groups in total. The first-order valence-corrected chi connectivity index (χ1v) is 13.0. The maximum atomic E-state index is 11.6. The van der Waals surface area contributed by atoms with Gasteiger partial charge in [0.15, 0.2) is 10.0 Å². The number of hydrogen-bond donors (Lipinski definition) is 1. The summed E-state index contributed by atoms with van der Waals surface area (Å²) in [7, 11) is 0. The van der Waals surface area contributed by atoms with E-state index in [1.54, 1.807) is 29.4 Å². The largest absolute Gasteiger partial charge is 0.612 e. The first-order chi connectivity index (χ1) is 14.6. The standard InChI is InChI=1S/C22H24N2O3S3/c1-15-14-23-22(28-15)24-16-3-8-21(20(13-16)27-17-9-11-26-12-10-17)29-18-4-6-19(7-5-18)30(2)25/h3-8,13-14,17H,9-12H2,1-2H3,(H,23,24). The average molecular weight is 461 g/mol. The van der Waals surface area contributed by atoms with Crippen molar-refractivity contribution in [1.29, 1.82) is 0 Å². The van der Waals surface area contributed by atoms with Gasteiger partial charge in [-0.3, -0.25) is 0 Å². The monoisotopic (exact) mass is 460 g/mol. The molecule has 2 aromatic carbocycles. The summed E-state index contributed by atoms with van der Waals surface area (Å²) in [5.74, 6) is 0.855. The van der Waals surface area contributed by atoms with Crippen LogP contribution in [0.5, 0.6) is 5.75 Å². The van der Waals surface area contributed by atoms with E-state index in [0.29, 0.717) is 0 Å². The van der Waals surface area contributed by atoms with Gasteiger partial charge in [0, 0.05) is 40.6 Å². The topological polar surface area (TPSA) is 66.4 Å². The van der Waals surface area contributed by atoms with E-state index in [9.17, 15) is 4.55 Å². The molecule has 0 amide bonds. The fourth-order valence-electron chi connectivity index (χ4n) is 3.10. The number of aryl methyl sites for hydroxylation is 1. The maximum absolute atomic E-state index is 11.6. The zero-order valence-electron chi connectivity index (χ0n) is 16.9. The predicted octanol–water partition coefficient (Wildman–Crippen LogP) is 5.64. The number of aromatic nitrogens is 1. The fraction of sp³-hybridized carbons (Fsp3) is 0.318. The van der Waals surface area contributed by atoms with Gasteiger partial charge in [0.2, 0.25) is 0 Å². The molecule has 1 aliphatic rings. The predicted molar refractivity (Wildman–Crippen MR) is 124 cm³/mol. The van der Waals surface area contributed by atoms with E-state index >= 15 is 0 Å². The number of rotatable bonds is 7. The van der Waals surface area contributed by atoms with Crippen LogP contribution >= 0.6 is 23.1 Å². The van der Waals surface area contributed by atoms with Gasteiger partial charge in [0.05, 0.1) is 18.1 Å². The number of nitrogens with zero attached hydrogens (tertiary/aromatic N) is 1. The number of hydrogen-bond acceptors (Lipinski definition) is 7. The number of thiazole rings is 1. The van der Waals surface area contributed by atoms with Crippen molar-refractivity contribution in [3.05, 3.63) is 53.5 Å². The van der Waals surface area contributed by atoms with Gasteiger partial charge in [-0.15, -0.1) is 11.3 Å². The van der Waals surface area contributed by atoms with E-state index in [2.05, 4.69) is 16.4 Å². The molecular weight excluding hydrogens is 436 g/mol. The van der Waals surface area contributed by atoms with Gasteiger partial charge in [-0.05, 0) is 54.5 Å². The number of ether oxygens (including phenoxy) is 2. The first kappa shape index (κ1) is 21.5. The molecule has 8 heteroatoms. The van der Waals surface area contributed by atoms with E-state index in [-0.39, 0.29) is 6.10 Å². The minimum absolute atomic E-state index is 0.153. The van der Waals surface area contributed by atoms with Gasteiger partial charge in [0.1, 0.15) is 18.1 Å². The lowest BCUT2D eigenvalue weighted by Gasteiger charge is -2.25. The van der Waals surface area contributed by atoms with Crippen molar-refractivity contribution in [1.82, 2.24) is 4.98 Å². The summed E-state index contributed by atoms with van der Waals surface area (Å²) < 4.78 is 23.5. The van der Waals surface area contributed by atoms with Crippen molar-refractivity contribution in [2.24, 2.45) is 0 Å². The summed E-state index contributed by atoms with van der Waals surface area (Å²) in [6.07, 6.45) is 5.50. The molecular formula is C22H24N2O3S3. The molecule has 158 valence electrons. The van der Waals surface area contributed by atoms with Crippen LogP contribution in [0.4, 0.5) is 10.8 Å². The fourth-order valence-corrected chi connectivity index (χ4v) is 5.17. The maximum Gasteiger partial charge on any atom is 0.187 e. The summed E-state index contributed by atoms with van der Waals surface area (Å²) in [6.45, 7) is 3.51. The van der Waals surface area contributed by atoms with Gasteiger partial charge < -0.3 is 19.3 Å². The molecule has 2 heterocycles. The molecule has 3 aromatic rings. The van der Waals surface area contributed by atoms with Crippen LogP contribution in [0, 0.1) is 6.92 Å². The van der Waals surface area contributed by atoms with Crippen LogP contribution in [0.1, 0.15) is 17.7 Å². The quantitative estimate of drug-likeness (QED) is 0.460. The van der Waals surface area contributed by atoms with E-state index in [1.165, 1.54) is 4.88 Å². The molecule has 1 aromatic heterocycles. The third-order valence-corrected chi connectivity index (χ3v) is 7.49. The third kappa shape index (κ3) is 5.70. The highest BCUT2D eigenvalue weighted by molar-refractivity contribution is 7.99. The Morgan fingerprint density at radius 3 is 2.63 bits per heavy atom. The molecule has 1 atom stereocenters. The van der Waals surface area contributed by atoms with E-state index < -0.39 is 11.2 Å². The Balaban J connectivity index is 1.56. The van der Waals surface area contributed by atoms with Crippen molar-refractivity contribution in [3.8, 4) is 5.75 Å². The third-order valence-electron chi connectivity index (χ3n) is 4.66. The van der Waals surface area contributed by atoms with E-state index in [4.69, 9.17) is 9.47 Å². The van der Waals surface area contributed by atoms with Crippen LogP contribution in [0.25, 0.3) is 0 Å². The van der Waals surface area contributed by atoms with Crippen LogP contribution in [0.15, 0.2) is 63.3 Å². The first-order valence-electron chi connectivity index (χ1n) is 9.76. The second kappa shape index (κ2) is 10.1. The van der Waals surface area contributed by atoms with Crippen LogP contribution in [-0.2, 0) is 15.9 Å². The minimum atomic E-state index is -0.973. The van der Waals surface area contributed by atoms with Crippen molar-refractivity contribution in [2.75, 3.05) is 24.8 Å². The molecule has 0 spiro atoms. The second-order valence-corrected chi connectivity index (χ2v) is 10.7. The van der Waals surface area contributed by atoms with E-state index in [1.807, 2.05) is 49.5 Å². The lowest BCUT2D eigenvalue weighted by molar-refractivity contribution is 0.0245. The lowest BCUT2D eigenvalue weighted by Crippen LogP contribution is -2.26. The molecule has 1 unspecified atom stereocenters. The van der Waals surface area contributed by atoms with Crippen LogP contribution in [0.3, 0.4) is 0 Å². The average Bonchev–Trinajstić information content (AvgIpc) is 3.15. The smallest absolute Gasteiger partial charge is 0.187 e. The van der Waals surface area contributed by atoms with Crippen molar-refractivity contribution in [2.45, 2.75) is 40.6 Å². The Kier molecular flexibility index (Phi) is 7.22. The highest BCUT2D eigenvalue weighted by Crippen LogP contribution is 2.39. The Morgan fingerprint density at radius 2 is 1.97 bits per heavy atom. The normalized spacial score (nSPS) is 15.7. The summed E-state index contributed by atoms with van der Waals surface area (Å²) in [5, 5.41) is 4.24. The van der Waals surface area contributed by atoms with Gasteiger partial charge in [-0.25, -0.2) is 4.98 Å². The number of benzene rings is 2. The molecule has 30 heavy (non-hydrogen) atoms. The van der Waals surface area contributed by atoms with Crippen LogP contribution in [-0.4, -0.2) is 35.1 Å². The molecule has 0 radical (unpaired) electrons. The Morgan fingerprint density at radius 1 is 1.20 bits per heavy atom. The van der Waals surface area contributed by atoms with Gasteiger partial charge >= 0.3 is 0 Å². The molecule has 0 aliphatic carbocycles. The Bertz CT molecular complexity index is 970. The molecule has 0 bridgehead atoms. The van der Waals surface area contributed by atoms with Crippen molar-refractivity contribution < 1.29 is 14.0 Å². The minimum Gasteiger partial charge on any atom is -0.612 e. The zero-order chi connectivity index (χ0) is 20.9. The molecule has 0 saturated carbocycles. The highest BCUT2D eigenvalue weighted by Gasteiger charge is 2.18. The SMILES string of the molecule is Cc1cnc(Nc2ccc(Sc3ccc([S+](C)[O-])cc3)c(OC3CCOCC3)c2)s1. The molecule has 1 fully saturated rings. The summed E-state index contributed by atoms with van der Waals surface area (Å²) in [4.78, 5) is 8.52. The van der Waals surface area contributed by atoms with Crippen LogP contribution < -0.4 is 10.1 Å². The van der Waals surface area contributed by atoms with E-state index in [0.717, 1.165) is 57.3 Å². The second-order valence-electron chi connectivity index (χ2n) is 7.02. The number of nitrogens with one attached hydrogen (secondary N) is 1. The summed E-state index contributed by atoms with van der Waals surface area (Å²) in [6, 6.07) is 14.0. The summed E-state index contributed by atoms with van der Waals surface area (Å²) >= 11 is 2.30. The zero-order valence-corrected chi connectivity index (χ0v) is 19.4. The van der Waals surface area contributed by atoms with Crippen molar-refractivity contribution >= 4 is 45.1 Å². The molecule has 4 rings (SSSR count). The van der Waals surface area contributed by atoms with Crippen molar-refractivity contribution in [3.63, 3.8) is 0 Å². The van der Waals surface area contributed by atoms with Gasteiger partial charge in [-0.1, -0.05) is 11.8 Å². The van der Waals surface area contributed by atoms with Gasteiger partial charge in [0.25, 0.3) is 0 Å². The lowest BCUT2D eigenvalue weighted by atomic mass is 10.1. The summed E-state index contributed by atoms with van der Waals surface area (Å²) in [5.41, 5.74) is 0.951.